The first-order chi connectivity index (χ1) is 10.7. The van der Waals surface area contributed by atoms with Crippen LogP contribution in [0.5, 0.6) is 0 Å². The lowest BCUT2D eigenvalue weighted by molar-refractivity contribution is -0.122. The van der Waals surface area contributed by atoms with Gasteiger partial charge in [0.05, 0.1) is 11.7 Å². The van der Waals surface area contributed by atoms with E-state index in [4.69, 9.17) is 0 Å². The fourth-order valence-electron chi connectivity index (χ4n) is 2.44. The van der Waals surface area contributed by atoms with Gasteiger partial charge in [0.25, 0.3) is 0 Å². The number of hydrogen-bond donors (Lipinski definition) is 2. The van der Waals surface area contributed by atoms with Gasteiger partial charge in [-0.15, -0.1) is 0 Å². The molecule has 0 bridgehead atoms. The van der Waals surface area contributed by atoms with E-state index in [-0.39, 0.29) is 11.3 Å². The van der Waals surface area contributed by atoms with Crippen LogP contribution in [0.25, 0.3) is 0 Å². The average molecular weight is 321 g/mol. The highest BCUT2D eigenvalue weighted by Gasteiger charge is 2.31. The third-order valence-corrected chi connectivity index (χ3v) is 3.64. The summed E-state index contributed by atoms with van der Waals surface area (Å²) >= 11 is 0. The van der Waals surface area contributed by atoms with Gasteiger partial charge < -0.3 is 5.32 Å². The lowest BCUT2D eigenvalue weighted by atomic mass is 9.86. The standard InChI is InChI=1S/C15H23N5O3/c1-9-10(8-20(5)18-9)6-7-11(21)16-12(15(2,3)4)13-17-14(22)23-19-13/h8,12H,6-7H2,1-5H3,(H,16,21)(H,17,19,22). The zero-order chi connectivity index (χ0) is 17.2. The van der Waals surface area contributed by atoms with Crippen molar-refractivity contribution in [2.24, 2.45) is 12.5 Å². The Morgan fingerprint density at radius 1 is 1.48 bits per heavy atom. The Kier molecular flexibility index (Phi) is 4.72. The van der Waals surface area contributed by atoms with Crippen molar-refractivity contribution in [3.05, 3.63) is 33.8 Å². The van der Waals surface area contributed by atoms with E-state index in [0.29, 0.717) is 18.7 Å². The molecule has 0 aliphatic rings. The topological polar surface area (TPSA) is 106 Å². The molecule has 0 fully saturated rings. The monoisotopic (exact) mass is 321 g/mol. The maximum absolute atomic E-state index is 12.3. The Balaban J connectivity index is 2.03. The molecule has 1 amide bonds. The lowest BCUT2D eigenvalue weighted by Gasteiger charge is -2.29. The molecule has 0 aliphatic heterocycles. The van der Waals surface area contributed by atoms with E-state index in [9.17, 15) is 9.59 Å². The molecule has 0 saturated carbocycles. The van der Waals surface area contributed by atoms with Crippen molar-refractivity contribution in [3.8, 4) is 0 Å². The van der Waals surface area contributed by atoms with E-state index in [2.05, 4.69) is 25.1 Å². The zero-order valence-corrected chi connectivity index (χ0v) is 14.1. The number of aromatic nitrogens is 4. The van der Waals surface area contributed by atoms with Gasteiger partial charge >= 0.3 is 5.76 Å². The fraction of sp³-hybridized carbons (Fsp3) is 0.600. The van der Waals surface area contributed by atoms with Gasteiger partial charge in [-0.1, -0.05) is 25.9 Å². The Hall–Kier alpha value is -2.38. The smallest absolute Gasteiger partial charge is 0.345 e. The SMILES string of the molecule is Cc1nn(C)cc1CCC(=O)NC(c1noc(=O)[nH]1)C(C)(C)C. The van der Waals surface area contributed by atoms with Gasteiger partial charge in [-0.2, -0.15) is 5.10 Å². The molecule has 1 unspecified atom stereocenters. The predicted octanol–water partition coefficient (Wildman–Crippen LogP) is 1.24. The molecule has 0 spiro atoms. The molecular formula is C15H23N5O3. The van der Waals surface area contributed by atoms with Crippen LogP contribution in [0.3, 0.4) is 0 Å². The molecule has 0 aliphatic carbocycles. The van der Waals surface area contributed by atoms with Crippen LogP contribution < -0.4 is 11.1 Å². The molecule has 23 heavy (non-hydrogen) atoms. The molecule has 0 radical (unpaired) electrons. The first-order valence-corrected chi connectivity index (χ1v) is 7.51. The summed E-state index contributed by atoms with van der Waals surface area (Å²) in [6, 6.07) is -0.434. The van der Waals surface area contributed by atoms with Crippen molar-refractivity contribution in [2.45, 2.75) is 46.6 Å². The second kappa shape index (κ2) is 6.39. The number of aryl methyl sites for hydroxylation is 3. The minimum atomic E-state index is -0.630. The van der Waals surface area contributed by atoms with Crippen LogP contribution in [0.4, 0.5) is 0 Å². The van der Waals surface area contributed by atoms with Gasteiger partial charge in [0.15, 0.2) is 5.82 Å². The maximum atomic E-state index is 12.3. The molecular weight excluding hydrogens is 298 g/mol. The van der Waals surface area contributed by atoms with Gasteiger partial charge in [-0.25, -0.2) is 4.79 Å². The highest BCUT2D eigenvalue weighted by atomic mass is 16.5. The summed E-state index contributed by atoms with van der Waals surface area (Å²) in [7, 11) is 1.85. The lowest BCUT2D eigenvalue weighted by Crippen LogP contribution is -2.37. The van der Waals surface area contributed by atoms with E-state index >= 15 is 0 Å². The number of amides is 1. The molecule has 126 valence electrons. The second-order valence-corrected chi connectivity index (χ2v) is 6.76. The zero-order valence-electron chi connectivity index (χ0n) is 14.1. The number of nitrogens with one attached hydrogen (secondary N) is 2. The average Bonchev–Trinajstić information content (AvgIpc) is 2.98. The van der Waals surface area contributed by atoms with E-state index in [0.717, 1.165) is 11.3 Å². The minimum absolute atomic E-state index is 0.114. The van der Waals surface area contributed by atoms with Gasteiger partial charge in [-0.05, 0) is 24.3 Å². The molecule has 1 atom stereocenters. The number of carbonyl (C=O) groups is 1. The number of carbonyl (C=O) groups excluding carboxylic acids is 1. The maximum Gasteiger partial charge on any atom is 0.438 e. The van der Waals surface area contributed by atoms with Crippen LogP contribution in [0.1, 0.15) is 50.3 Å². The summed E-state index contributed by atoms with van der Waals surface area (Å²) < 4.78 is 6.28. The summed E-state index contributed by atoms with van der Waals surface area (Å²) in [4.78, 5) is 25.9. The van der Waals surface area contributed by atoms with Gasteiger partial charge in [0.1, 0.15) is 0 Å². The van der Waals surface area contributed by atoms with Crippen molar-refractivity contribution in [1.82, 2.24) is 25.2 Å². The largest absolute Gasteiger partial charge is 0.438 e. The van der Waals surface area contributed by atoms with Crippen molar-refractivity contribution in [1.29, 1.82) is 0 Å². The Morgan fingerprint density at radius 3 is 2.65 bits per heavy atom. The van der Waals surface area contributed by atoms with Gasteiger partial charge in [0.2, 0.25) is 5.91 Å². The normalized spacial score (nSPS) is 13.1. The number of H-pyrrole nitrogens is 1. The fourth-order valence-corrected chi connectivity index (χ4v) is 2.44. The summed E-state index contributed by atoms with van der Waals surface area (Å²) in [5.41, 5.74) is 1.65. The number of nitrogens with zero attached hydrogens (tertiary/aromatic N) is 3. The van der Waals surface area contributed by atoms with Crippen LogP contribution in [-0.4, -0.2) is 25.8 Å². The molecule has 2 N–H and O–H groups in total. The second-order valence-electron chi connectivity index (χ2n) is 6.76. The van der Waals surface area contributed by atoms with Crippen molar-refractivity contribution in [2.75, 3.05) is 0 Å². The third-order valence-electron chi connectivity index (χ3n) is 3.64. The van der Waals surface area contributed by atoms with E-state index in [1.54, 1.807) is 4.68 Å². The van der Waals surface area contributed by atoms with Crippen LogP contribution in [0.15, 0.2) is 15.5 Å². The van der Waals surface area contributed by atoms with Crippen LogP contribution >= 0.6 is 0 Å². The van der Waals surface area contributed by atoms with Crippen LogP contribution in [0, 0.1) is 12.3 Å². The van der Waals surface area contributed by atoms with Gasteiger partial charge in [0, 0.05) is 19.7 Å². The molecule has 2 heterocycles. The first kappa shape index (κ1) is 17.0. The van der Waals surface area contributed by atoms with Gasteiger partial charge in [-0.3, -0.25) is 19.0 Å². The highest BCUT2D eigenvalue weighted by molar-refractivity contribution is 5.76. The Labute approximate surface area is 134 Å². The summed E-state index contributed by atoms with van der Waals surface area (Å²) in [6.07, 6.45) is 2.86. The van der Waals surface area contributed by atoms with E-state index < -0.39 is 11.8 Å². The number of rotatable bonds is 5. The summed E-state index contributed by atoms with van der Waals surface area (Å²) in [5, 5.41) is 10.9. The molecule has 8 nitrogen and oxygen atoms in total. The van der Waals surface area contributed by atoms with Crippen LogP contribution in [-0.2, 0) is 18.3 Å². The van der Waals surface area contributed by atoms with E-state index in [1.807, 2.05) is 40.9 Å². The van der Waals surface area contributed by atoms with Crippen molar-refractivity contribution >= 4 is 5.91 Å². The quantitative estimate of drug-likeness (QED) is 0.862. The molecule has 2 rings (SSSR count). The molecule has 0 aromatic carbocycles. The van der Waals surface area contributed by atoms with Crippen LogP contribution in [0.2, 0.25) is 0 Å². The minimum Gasteiger partial charge on any atom is -0.345 e. The van der Waals surface area contributed by atoms with E-state index in [1.165, 1.54) is 0 Å². The summed E-state index contributed by atoms with van der Waals surface area (Å²) in [6.45, 7) is 7.79. The highest BCUT2D eigenvalue weighted by Crippen LogP contribution is 2.30. The predicted molar refractivity (Wildman–Crippen MR) is 83.7 cm³/mol. The summed E-state index contributed by atoms with van der Waals surface area (Å²) in [5.74, 6) is -0.417. The Bertz CT molecular complexity index is 735. The number of hydrogen-bond acceptors (Lipinski definition) is 5. The first-order valence-electron chi connectivity index (χ1n) is 7.51. The number of aromatic amines is 1. The molecule has 2 aromatic rings. The Morgan fingerprint density at radius 2 is 2.17 bits per heavy atom. The van der Waals surface area contributed by atoms with Crippen molar-refractivity contribution < 1.29 is 9.32 Å². The molecule has 8 heteroatoms. The third kappa shape index (κ3) is 4.30. The molecule has 0 saturated heterocycles. The van der Waals surface area contributed by atoms with Crippen molar-refractivity contribution in [3.63, 3.8) is 0 Å². The molecule has 2 aromatic heterocycles.